The molecule has 0 aliphatic carbocycles. The van der Waals surface area contributed by atoms with Crippen LogP contribution in [0.15, 0.2) is 16.8 Å². The van der Waals surface area contributed by atoms with E-state index in [1.54, 1.807) is 11.3 Å². The number of carbonyl (C=O) groups is 1. The number of likely N-dealkylation sites (tertiary alicyclic amines) is 1. The number of hydrogen-bond donors (Lipinski definition) is 1. The van der Waals surface area contributed by atoms with Gasteiger partial charge in [-0.1, -0.05) is 0 Å². The molecule has 19 heavy (non-hydrogen) atoms. The van der Waals surface area contributed by atoms with Gasteiger partial charge in [-0.2, -0.15) is 11.3 Å². The molecule has 0 unspecified atom stereocenters. The van der Waals surface area contributed by atoms with Crippen LogP contribution in [0.1, 0.15) is 5.56 Å². The van der Waals surface area contributed by atoms with E-state index in [1.165, 1.54) is 5.56 Å². The average Bonchev–Trinajstić information content (AvgIpc) is 3.04. The van der Waals surface area contributed by atoms with Crippen molar-refractivity contribution >= 4 is 17.2 Å². The highest BCUT2D eigenvalue weighted by molar-refractivity contribution is 7.07. The Bertz CT molecular complexity index is 422. The summed E-state index contributed by atoms with van der Waals surface area (Å²) in [5, 5.41) is 7.59. The molecule has 0 aromatic carbocycles. The first kappa shape index (κ1) is 13.1. The van der Waals surface area contributed by atoms with Crippen LogP contribution in [0.4, 0.5) is 0 Å². The lowest BCUT2D eigenvalue weighted by atomic mass is 10.0. The van der Waals surface area contributed by atoms with Crippen molar-refractivity contribution in [3.63, 3.8) is 0 Å². The summed E-state index contributed by atoms with van der Waals surface area (Å²) < 4.78 is 0. The minimum absolute atomic E-state index is 0.235. The predicted molar refractivity (Wildman–Crippen MR) is 77.1 cm³/mol. The van der Waals surface area contributed by atoms with Gasteiger partial charge in [0.25, 0.3) is 0 Å². The maximum Gasteiger partial charge on any atom is 0.236 e. The van der Waals surface area contributed by atoms with Gasteiger partial charge >= 0.3 is 0 Å². The van der Waals surface area contributed by atoms with Crippen LogP contribution in [0.2, 0.25) is 0 Å². The Kier molecular flexibility index (Phi) is 3.86. The molecule has 0 bridgehead atoms. The minimum atomic E-state index is 0.235. The predicted octanol–water partition coefficient (Wildman–Crippen LogP) is 0.858. The molecule has 0 saturated carbocycles. The Morgan fingerprint density at radius 2 is 2.21 bits per heavy atom. The number of nitrogens with zero attached hydrogens (tertiary/aromatic N) is 2. The average molecular weight is 279 g/mol. The molecular weight excluding hydrogens is 258 g/mol. The largest absolute Gasteiger partial charge is 0.340 e. The molecule has 3 heterocycles. The molecule has 104 valence electrons. The molecule has 4 nitrogen and oxygen atoms in total. The number of likely N-dealkylation sites (N-methyl/N-ethyl adjacent to an activating group) is 1. The zero-order valence-corrected chi connectivity index (χ0v) is 12.2. The lowest BCUT2D eigenvalue weighted by Crippen LogP contribution is -2.38. The number of hydrogen-bond acceptors (Lipinski definition) is 4. The molecule has 3 rings (SSSR count). The van der Waals surface area contributed by atoms with Gasteiger partial charge in [0.05, 0.1) is 6.54 Å². The molecule has 2 atom stereocenters. The van der Waals surface area contributed by atoms with Crippen molar-refractivity contribution in [2.24, 2.45) is 11.8 Å². The van der Waals surface area contributed by atoms with Gasteiger partial charge in [0.1, 0.15) is 0 Å². The van der Waals surface area contributed by atoms with E-state index in [4.69, 9.17) is 0 Å². The number of fused-ring (bicyclic) bond motifs is 1. The second kappa shape index (κ2) is 5.61. The van der Waals surface area contributed by atoms with Crippen LogP contribution >= 0.6 is 11.3 Å². The SMILES string of the molecule is CN(Cc1ccsc1)C(=O)CN1C[C@H]2CNC[C@H]2C1. The second-order valence-corrected chi connectivity index (χ2v) is 6.53. The van der Waals surface area contributed by atoms with Crippen molar-refractivity contribution in [2.75, 3.05) is 39.8 Å². The fourth-order valence-corrected chi connectivity index (χ4v) is 3.80. The highest BCUT2D eigenvalue weighted by Gasteiger charge is 2.36. The van der Waals surface area contributed by atoms with Gasteiger partial charge in [-0.3, -0.25) is 9.69 Å². The molecule has 2 saturated heterocycles. The zero-order valence-electron chi connectivity index (χ0n) is 11.3. The Hall–Kier alpha value is -0.910. The first-order valence-electron chi connectivity index (χ1n) is 6.90. The lowest BCUT2D eigenvalue weighted by Gasteiger charge is -2.21. The third-order valence-corrected chi connectivity index (χ3v) is 4.98. The molecule has 0 radical (unpaired) electrons. The van der Waals surface area contributed by atoms with Crippen LogP contribution < -0.4 is 5.32 Å². The molecular formula is C14H21N3OS. The van der Waals surface area contributed by atoms with Crippen LogP contribution in [0.5, 0.6) is 0 Å². The third kappa shape index (κ3) is 2.99. The summed E-state index contributed by atoms with van der Waals surface area (Å²) in [7, 11) is 1.90. The van der Waals surface area contributed by atoms with Crippen molar-refractivity contribution in [1.29, 1.82) is 0 Å². The highest BCUT2D eigenvalue weighted by atomic mass is 32.1. The summed E-state index contributed by atoms with van der Waals surface area (Å²) in [5.74, 6) is 1.75. The number of amides is 1. The Balaban J connectivity index is 1.48. The summed E-state index contributed by atoms with van der Waals surface area (Å²) in [4.78, 5) is 16.4. The van der Waals surface area contributed by atoms with Crippen LogP contribution in [-0.4, -0.2) is 55.5 Å². The maximum absolute atomic E-state index is 12.2. The Morgan fingerprint density at radius 3 is 2.84 bits per heavy atom. The molecule has 2 fully saturated rings. The van der Waals surface area contributed by atoms with Crippen LogP contribution in [0.25, 0.3) is 0 Å². The third-order valence-electron chi connectivity index (χ3n) is 4.25. The fraction of sp³-hybridized carbons (Fsp3) is 0.643. The minimum Gasteiger partial charge on any atom is -0.340 e. The molecule has 1 aromatic rings. The Labute approximate surface area is 118 Å². The molecule has 2 aliphatic heterocycles. The van der Waals surface area contributed by atoms with Crippen molar-refractivity contribution in [3.8, 4) is 0 Å². The molecule has 0 spiro atoms. The van der Waals surface area contributed by atoms with Crippen LogP contribution in [0.3, 0.4) is 0 Å². The van der Waals surface area contributed by atoms with Gasteiger partial charge in [-0.25, -0.2) is 0 Å². The van der Waals surface area contributed by atoms with Crippen LogP contribution in [0, 0.1) is 11.8 Å². The number of thiophene rings is 1. The molecule has 5 heteroatoms. The van der Waals surface area contributed by atoms with E-state index in [9.17, 15) is 4.79 Å². The first-order valence-corrected chi connectivity index (χ1v) is 7.85. The van der Waals surface area contributed by atoms with E-state index in [1.807, 2.05) is 11.9 Å². The standard InChI is InChI=1S/C14H21N3OS/c1-16(6-11-2-3-19-10-11)14(18)9-17-7-12-4-15-5-13(12)8-17/h2-3,10,12-13,15H,4-9H2,1H3/t12-,13+. The number of rotatable bonds is 4. The molecule has 1 aromatic heterocycles. The number of carbonyl (C=O) groups excluding carboxylic acids is 1. The van der Waals surface area contributed by atoms with Gasteiger partial charge in [-0.05, 0) is 47.3 Å². The zero-order chi connectivity index (χ0) is 13.2. The summed E-state index contributed by atoms with van der Waals surface area (Å²) in [6.45, 7) is 5.71. The quantitative estimate of drug-likeness (QED) is 0.888. The van der Waals surface area contributed by atoms with E-state index in [-0.39, 0.29) is 5.91 Å². The summed E-state index contributed by atoms with van der Waals surface area (Å²) in [6.07, 6.45) is 0. The summed E-state index contributed by atoms with van der Waals surface area (Å²) in [6, 6.07) is 2.08. The summed E-state index contributed by atoms with van der Waals surface area (Å²) >= 11 is 1.68. The summed E-state index contributed by atoms with van der Waals surface area (Å²) in [5.41, 5.74) is 1.23. The first-order chi connectivity index (χ1) is 9.22. The van der Waals surface area contributed by atoms with Crippen molar-refractivity contribution < 1.29 is 4.79 Å². The smallest absolute Gasteiger partial charge is 0.236 e. The van der Waals surface area contributed by atoms with E-state index >= 15 is 0 Å². The lowest BCUT2D eigenvalue weighted by molar-refractivity contribution is -0.131. The van der Waals surface area contributed by atoms with E-state index in [2.05, 4.69) is 27.0 Å². The topological polar surface area (TPSA) is 35.6 Å². The van der Waals surface area contributed by atoms with Gasteiger partial charge in [0.15, 0.2) is 0 Å². The van der Waals surface area contributed by atoms with E-state index < -0.39 is 0 Å². The van der Waals surface area contributed by atoms with Gasteiger partial charge in [0.2, 0.25) is 5.91 Å². The number of nitrogens with one attached hydrogen (secondary N) is 1. The molecule has 1 N–H and O–H groups in total. The maximum atomic E-state index is 12.2. The van der Waals surface area contributed by atoms with Gasteiger partial charge < -0.3 is 10.2 Å². The van der Waals surface area contributed by atoms with Crippen molar-refractivity contribution in [1.82, 2.24) is 15.1 Å². The van der Waals surface area contributed by atoms with Crippen LogP contribution in [-0.2, 0) is 11.3 Å². The monoisotopic (exact) mass is 279 g/mol. The highest BCUT2D eigenvalue weighted by Crippen LogP contribution is 2.25. The second-order valence-electron chi connectivity index (χ2n) is 5.75. The molecule has 2 aliphatic rings. The van der Waals surface area contributed by atoms with E-state index in [0.29, 0.717) is 6.54 Å². The van der Waals surface area contributed by atoms with Crippen molar-refractivity contribution in [3.05, 3.63) is 22.4 Å². The fourth-order valence-electron chi connectivity index (χ4n) is 3.14. The van der Waals surface area contributed by atoms with Crippen molar-refractivity contribution in [2.45, 2.75) is 6.54 Å². The van der Waals surface area contributed by atoms with E-state index in [0.717, 1.165) is 44.6 Å². The Morgan fingerprint density at radius 1 is 1.47 bits per heavy atom. The normalized spacial score (nSPS) is 26.6. The molecule has 1 amide bonds. The van der Waals surface area contributed by atoms with Gasteiger partial charge in [-0.15, -0.1) is 0 Å². The van der Waals surface area contributed by atoms with Gasteiger partial charge in [0, 0.05) is 26.7 Å².